The molecule has 0 unspecified atom stereocenters. The molecule has 49 heteroatoms. The van der Waals surface area contributed by atoms with E-state index in [4.69, 9.17) is 90.4 Å². The Balaban J connectivity index is 0.000000188. The van der Waals surface area contributed by atoms with E-state index in [0.29, 0.717) is 145 Å². The van der Waals surface area contributed by atoms with Crippen LogP contribution in [-0.4, -0.2) is 252 Å². The minimum Gasteiger partial charge on any atom is -0.475 e. The molecule has 0 radical (unpaired) electrons. The average molecular weight is 2070 g/mol. The summed E-state index contributed by atoms with van der Waals surface area (Å²) in [5.41, 5.74) is 6.22. The number of imidazole rings is 6. The Morgan fingerprint density at radius 3 is 1.22 bits per heavy atom. The van der Waals surface area contributed by atoms with Gasteiger partial charge in [-0.3, -0.25) is 19.0 Å². The number of halogens is 10. The van der Waals surface area contributed by atoms with E-state index < -0.39 is 41.1 Å². The van der Waals surface area contributed by atoms with Crippen LogP contribution in [-0.2, 0) is 77.7 Å². The number of carbonyl (C=O) groups excluding carboxylic acids is 3. The number of ether oxygens (including phenoxy) is 3. The molecule has 0 aliphatic carbocycles. The van der Waals surface area contributed by atoms with Gasteiger partial charge >= 0.3 is 42.6 Å². The highest BCUT2D eigenvalue weighted by molar-refractivity contribution is 6.35. The van der Waals surface area contributed by atoms with Gasteiger partial charge < -0.3 is 72.6 Å². The van der Waals surface area contributed by atoms with E-state index in [1.54, 1.807) is 118 Å². The fourth-order valence-corrected chi connectivity index (χ4v) is 15.7. The van der Waals surface area contributed by atoms with Crippen molar-refractivity contribution in [2.45, 2.75) is 215 Å². The zero-order chi connectivity index (χ0) is 105. The number of rotatable bonds is 9. The lowest BCUT2D eigenvalue weighted by molar-refractivity contribution is -0.193. The predicted octanol–water partition coefficient (Wildman–Crippen LogP) is 14.0. The fraction of sp³-hybridized carbons (Fsp3) is 0.489. The van der Waals surface area contributed by atoms with Crippen molar-refractivity contribution in [2.75, 3.05) is 70.3 Å². The van der Waals surface area contributed by atoms with Gasteiger partial charge in [0.1, 0.15) is 72.9 Å². The number of anilines is 1. The summed E-state index contributed by atoms with van der Waals surface area (Å²) in [6.07, 6.45) is 5.68. The number of carboxylic acids is 2. The minimum atomic E-state index is -5.08. The Morgan fingerprint density at radius 1 is 0.427 bits per heavy atom. The summed E-state index contributed by atoms with van der Waals surface area (Å²) in [7, 11) is 4.90. The molecule has 12 aromatic heterocycles. The summed E-state index contributed by atoms with van der Waals surface area (Å²) in [6.45, 7) is 35.1. The van der Waals surface area contributed by atoms with Crippen LogP contribution < -0.4 is 26.9 Å². The quantitative estimate of drug-likeness (QED) is 0.0451. The molecule has 16 rings (SSSR count). The molecule has 0 aromatic carbocycles. The number of alkyl halides is 6. The number of hydrogen-bond acceptors (Lipinski definition) is 25. The zero-order valence-electron chi connectivity index (χ0n) is 81.8. The highest BCUT2D eigenvalue weighted by Crippen LogP contribution is 2.35. The maximum Gasteiger partial charge on any atom is 0.490 e. The number of H-pyrrole nitrogens is 1. The molecular weight excluding hydrogens is 1960 g/mol. The van der Waals surface area contributed by atoms with Crippen LogP contribution >= 0.6 is 46.4 Å². The molecule has 3 amide bonds. The number of nitrogens with one attached hydrogen (secondary N) is 2. The van der Waals surface area contributed by atoms with E-state index in [2.05, 4.69) is 125 Å². The van der Waals surface area contributed by atoms with E-state index >= 15 is 0 Å². The molecule has 764 valence electrons. The molecule has 4 aliphatic heterocycles. The van der Waals surface area contributed by atoms with Crippen molar-refractivity contribution in [2.24, 2.45) is 21.1 Å². The lowest BCUT2D eigenvalue weighted by Crippen LogP contribution is -2.50. The molecule has 12 aromatic rings. The Labute approximate surface area is 837 Å². The third kappa shape index (κ3) is 30.7. The van der Waals surface area contributed by atoms with Gasteiger partial charge in [-0.15, -0.1) is 29.6 Å². The van der Waals surface area contributed by atoms with Crippen molar-refractivity contribution >= 4 is 149 Å². The second-order valence-corrected chi connectivity index (χ2v) is 36.5. The van der Waals surface area contributed by atoms with Crippen LogP contribution in [0, 0.1) is 59.2 Å². The zero-order valence-corrected chi connectivity index (χ0v) is 84.8. The van der Waals surface area contributed by atoms with Gasteiger partial charge in [0.25, 0.3) is 16.7 Å². The summed E-state index contributed by atoms with van der Waals surface area (Å²) >= 11 is 24.2. The maximum absolute atomic E-state index is 12.6. The van der Waals surface area contributed by atoms with Crippen LogP contribution in [0.5, 0.6) is 0 Å². The number of aryl methyl sites for hydroxylation is 3. The number of fused-ring (bicyclic) bond motifs is 6. The number of carboxylic acid groups (broad SMARTS) is 2. The standard InChI is InChI=1S/C20H27N5O3.C19H24ClN5O2.C16H23N5O3.C15H19N5O.C10H7Cl2N3.C10H8ClN3.2C2HF3O2/c1-6-7-10-25-16-15(13-21-23(5)18(16)26)22-17(25)14-8-11-24(12-9-14)19(27)28-20(2,3)4;1-5-6-9-25-15-14(7-8-21-16(15)20)22-17(25)23-10-12-24(13-11-23)18(26)27-19(2,3)4;1-16(2,3)24-15(23)21-7-5-10(6-8-21)13-18-11-9-17-20(4)14(22)12(11)19-13;1-3-4-9-20-13-12(10-17-19(2)15(13)21)18-14(20)11-5-7-16-8-6-11;1-2-3-6-15-8-7(14-10(15)12)4-5-13-9(8)11;1-2-3-6-14-7-13-8-4-5-12-10(11)9(8)14;2*3-2(4,5)1(6)7/h13-14H,8-12H2,1-5H3;7-8H,9-13H2,1-4H3;9-10H,5-8H2,1-4H3,(H,18,19);10-11,16H,5-9H2,1-2H3;4-5H,6H2,1H3;4-5,7H,6H2,1H3;2*(H,6,7). The van der Waals surface area contributed by atoms with Crippen LogP contribution in [0.15, 0.2) is 76.1 Å². The van der Waals surface area contributed by atoms with Crippen LogP contribution in [0.2, 0.25) is 20.7 Å². The van der Waals surface area contributed by atoms with Gasteiger partial charge in [-0.25, -0.2) is 82.9 Å². The van der Waals surface area contributed by atoms with Crippen molar-refractivity contribution < 1.29 is 74.7 Å². The average Bonchev–Trinajstić information content (AvgIpc) is 1.52. The summed E-state index contributed by atoms with van der Waals surface area (Å²) in [4.78, 5) is 141. The Morgan fingerprint density at radius 2 is 0.790 bits per heavy atom. The number of carbonyl (C=O) groups is 5. The first kappa shape index (κ1) is 113. The van der Waals surface area contributed by atoms with Gasteiger partial charge in [0.15, 0.2) is 21.0 Å². The van der Waals surface area contributed by atoms with Crippen molar-refractivity contribution in [1.82, 2.24) is 122 Å². The van der Waals surface area contributed by atoms with Crippen molar-refractivity contribution in [3.63, 3.8) is 0 Å². The number of likely N-dealkylation sites (tertiary alicyclic amines) is 2. The topological polar surface area (TPSA) is 440 Å². The van der Waals surface area contributed by atoms with Gasteiger partial charge in [-0.2, -0.15) is 41.6 Å². The molecule has 39 nitrogen and oxygen atoms in total. The number of aromatic nitrogens is 21. The number of aromatic amines is 1. The van der Waals surface area contributed by atoms with E-state index in [1.165, 1.54) is 14.0 Å². The first-order chi connectivity index (χ1) is 67.4. The van der Waals surface area contributed by atoms with Gasteiger partial charge in [0.2, 0.25) is 11.2 Å². The van der Waals surface area contributed by atoms with Crippen LogP contribution in [0.3, 0.4) is 0 Å². The molecule has 4 aliphatic rings. The lowest BCUT2D eigenvalue weighted by Gasteiger charge is -2.36. The molecule has 4 N–H and O–H groups in total. The Bertz CT molecular complexity index is 7070. The SMILES string of the molecule is CC#CCn1c(C2CCN(C(=O)OC(C)(C)C)CC2)nc2cnn(C)c(=O)c21.CC#CCn1c(C2CCNCC2)nc2cnn(C)c(=O)c21.CC#CCn1c(Cl)nc2ccnc(Cl)c21.CC#CCn1c(N2CCN(C(=O)OC(C)(C)C)CC2)nc2ccnc(Cl)c21.CC#CCn1cnc2ccnc(Cl)c21.Cn1ncc2[nH]c(C3CCN(C(=O)OC(C)(C)C)CC3)nc2c1=O.O=C(O)C(F)(F)F.O=C(O)C(F)(F)F. The second kappa shape index (κ2) is 50.1. The van der Waals surface area contributed by atoms with Gasteiger partial charge in [-0.1, -0.05) is 64.4 Å². The predicted molar refractivity (Wildman–Crippen MR) is 526 cm³/mol. The van der Waals surface area contributed by atoms with Crippen molar-refractivity contribution in [3.05, 3.63) is 131 Å². The highest BCUT2D eigenvalue weighted by atomic mass is 35.5. The molecule has 0 atom stereocenters. The summed E-state index contributed by atoms with van der Waals surface area (Å²) in [5.74, 6) is 28.0. The summed E-state index contributed by atoms with van der Waals surface area (Å²) in [5, 5.41) is 31.4. The summed E-state index contributed by atoms with van der Waals surface area (Å²) in [6, 6.07) is 5.44. The van der Waals surface area contributed by atoms with Crippen molar-refractivity contribution in [1.29, 1.82) is 0 Å². The number of pyridine rings is 3. The smallest absolute Gasteiger partial charge is 0.475 e. The normalized spacial score (nSPS) is 14.1. The number of piperidine rings is 3. The fourth-order valence-electron chi connectivity index (χ4n) is 14.7. The van der Waals surface area contributed by atoms with Gasteiger partial charge in [0, 0.05) is 110 Å². The molecule has 0 bridgehead atoms. The number of nitrogens with zero attached hydrogens (tertiary/aromatic N) is 24. The van der Waals surface area contributed by atoms with E-state index in [9.17, 15) is 55.1 Å². The van der Waals surface area contributed by atoms with Crippen LogP contribution in [0.4, 0.5) is 46.7 Å². The molecule has 143 heavy (non-hydrogen) atoms. The van der Waals surface area contributed by atoms with Gasteiger partial charge in [-0.05, 0) is 178 Å². The molecule has 16 heterocycles. The van der Waals surface area contributed by atoms with Gasteiger partial charge in [0.05, 0.1) is 79.7 Å². The summed E-state index contributed by atoms with van der Waals surface area (Å²) < 4.78 is 93.3. The Kier molecular flexibility index (Phi) is 39.4. The first-order valence-electron chi connectivity index (χ1n) is 44.8. The molecule has 0 spiro atoms. The largest absolute Gasteiger partial charge is 0.490 e. The first-order valence-corrected chi connectivity index (χ1v) is 46.3. The third-order valence-electron chi connectivity index (χ3n) is 21.5. The van der Waals surface area contributed by atoms with E-state index in [-0.39, 0.29) is 46.8 Å². The maximum atomic E-state index is 12.6. The molecular formula is C94H110Cl4F6N26O13. The Hall–Kier alpha value is -14.0. The number of aliphatic carboxylic acids is 2. The van der Waals surface area contributed by atoms with Crippen LogP contribution in [0.1, 0.15) is 171 Å². The number of piperazine rings is 1. The number of hydrogen-bond donors (Lipinski definition) is 4. The monoisotopic (exact) mass is 2060 g/mol. The lowest BCUT2D eigenvalue weighted by atomic mass is 9.96. The number of amides is 3. The van der Waals surface area contributed by atoms with Crippen molar-refractivity contribution in [3.8, 4) is 59.2 Å². The molecule has 0 saturated carbocycles. The highest BCUT2D eigenvalue weighted by Gasteiger charge is 2.40. The van der Waals surface area contributed by atoms with Crippen LogP contribution in [0.25, 0.3) is 66.2 Å². The van der Waals surface area contributed by atoms with E-state index in [1.807, 2.05) is 99.6 Å². The molecule has 4 fully saturated rings. The molecule has 4 saturated heterocycles. The third-order valence-corrected chi connectivity index (χ3v) is 22.6. The van der Waals surface area contributed by atoms with E-state index in [0.717, 1.165) is 108 Å². The second-order valence-electron chi connectivity index (χ2n) is 35.1. The minimum absolute atomic E-state index is 0.113.